The number of aliphatic hydroxyl groups excluding tert-OH is 1. The second-order valence-electron chi connectivity index (χ2n) is 7.83. The summed E-state index contributed by atoms with van der Waals surface area (Å²) < 4.78 is 76.6. The van der Waals surface area contributed by atoms with Crippen molar-refractivity contribution in [2.75, 3.05) is 21.6 Å². The lowest BCUT2D eigenvalue weighted by Gasteiger charge is -2.32. The van der Waals surface area contributed by atoms with Crippen molar-refractivity contribution in [1.29, 1.82) is 0 Å². The third-order valence-electron chi connectivity index (χ3n) is 5.49. The van der Waals surface area contributed by atoms with Gasteiger partial charge in [-0.15, -0.1) is 0 Å². The van der Waals surface area contributed by atoms with Crippen LogP contribution < -0.4 is 4.31 Å². The van der Waals surface area contributed by atoms with Crippen LogP contribution in [0.15, 0.2) is 52.3 Å². The first kappa shape index (κ1) is 28.6. The fourth-order valence-electron chi connectivity index (χ4n) is 3.44. The minimum atomic E-state index is -4.22. The molecule has 1 N–H and O–H groups in total. The van der Waals surface area contributed by atoms with Gasteiger partial charge in [0.2, 0.25) is 0 Å². The van der Waals surface area contributed by atoms with Gasteiger partial charge in [0, 0.05) is 22.4 Å². The number of hydrogen-bond acceptors (Lipinski definition) is 7. The van der Waals surface area contributed by atoms with E-state index >= 15 is 0 Å². The van der Waals surface area contributed by atoms with Crippen LogP contribution in [0.5, 0.6) is 0 Å². The van der Waals surface area contributed by atoms with Crippen LogP contribution >= 0.6 is 11.6 Å². The van der Waals surface area contributed by atoms with Crippen LogP contribution in [0.1, 0.15) is 39.2 Å². The molecule has 2 aromatic rings. The summed E-state index contributed by atoms with van der Waals surface area (Å²) in [4.78, 5) is -0.128. The molecule has 0 fully saturated rings. The van der Waals surface area contributed by atoms with Gasteiger partial charge >= 0.3 is 0 Å². The van der Waals surface area contributed by atoms with E-state index in [1.54, 1.807) is 13.8 Å². The Balaban J connectivity index is 2.55. The molecule has 0 aliphatic rings. The van der Waals surface area contributed by atoms with Crippen molar-refractivity contribution in [2.45, 2.75) is 56.1 Å². The third kappa shape index (κ3) is 6.72. The van der Waals surface area contributed by atoms with Gasteiger partial charge in [-0.25, -0.2) is 25.3 Å². The molecular formula is C22H30ClNO7S3. The molecule has 2 rings (SSSR count). The van der Waals surface area contributed by atoms with E-state index < -0.39 is 42.3 Å². The van der Waals surface area contributed by atoms with Gasteiger partial charge in [-0.05, 0) is 56.2 Å². The van der Waals surface area contributed by atoms with Gasteiger partial charge in [0.1, 0.15) is 9.84 Å². The molecule has 0 radical (unpaired) electrons. The van der Waals surface area contributed by atoms with Crippen molar-refractivity contribution in [3.8, 4) is 0 Å². The second kappa shape index (κ2) is 11.4. The van der Waals surface area contributed by atoms with Gasteiger partial charge in [-0.2, -0.15) is 0 Å². The van der Waals surface area contributed by atoms with Gasteiger partial charge in [0.25, 0.3) is 10.0 Å². The van der Waals surface area contributed by atoms with Gasteiger partial charge in [-0.1, -0.05) is 31.5 Å². The molecule has 0 heterocycles. The number of sulfone groups is 2. The third-order valence-corrected chi connectivity index (χ3v) is 11.2. The Morgan fingerprint density at radius 3 is 2.03 bits per heavy atom. The predicted octanol–water partition coefficient (Wildman–Crippen LogP) is 3.42. The molecule has 34 heavy (non-hydrogen) atoms. The van der Waals surface area contributed by atoms with Crippen molar-refractivity contribution < 1.29 is 30.4 Å². The predicted molar refractivity (Wildman–Crippen MR) is 134 cm³/mol. The summed E-state index contributed by atoms with van der Waals surface area (Å²) in [5, 5.41) is 10.1. The largest absolute Gasteiger partial charge is 0.392 e. The number of nitrogens with zero attached hydrogens (tertiary/aromatic N) is 1. The van der Waals surface area contributed by atoms with Crippen molar-refractivity contribution in [2.24, 2.45) is 0 Å². The quantitative estimate of drug-likeness (QED) is 0.428. The Kier molecular flexibility index (Phi) is 9.57. The normalized spacial score (nSPS) is 13.6. The molecule has 12 heteroatoms. The lowest BCUT2D eigenvalue weighted by Crippen LogP contribution is -2.39. The van der Waals surface area contributed by atoms with Gasteiger partial charge in [-0.3, -0.25) is 4.31 Å². The van der Waals surface area contributed by atoms with E-state index in [0.717, 1.165) is 4.31 Å². The lowest BCUT2D eigenvalue weighted by molar-refractivity contribution is 0.282. The molecule has 190 valence electrons. The maximum absolute atomic E-state index is 13.7. The summed E-state index contributed by atoms with van der Waals surface area (Å²) >= 11 is 6.14. The molecule has 1 atom stereocenters. The fraction of sp³-hybridized carbons (Fsp3) is 0.455. The Labute approximate surface area is 207 Å². The average molecular weight is 552 g/mol. The number of sulfonamides is 1. The number of benzene rings is 2. The summed E-state index contributed by atoms with van der Waals surface area (Å²) in [6, 6.07) is 8.74. The zero-order valence-electron chi connectivity index (χ0n) is 19.3. The van der Waals surface area contributed by atoms with Crippen molar-refractivity contribution in [3.05, 3.63) is 53.1 Å². The zero-order chi connectivity index (χ0) is 25.7. The maximum Gasteiger partial charge on any atom is 0.264 e. The smallest absolute Gasteiger partial charge is 0.264 e. The van der Waals surface area contributed by atoms with Crippen LogP contribution in [0.25, 0.3) is 0 Å². The molecule has 8 nitrogen and oxygen atoms in total. The van der Waals surface area contributed by atoms with Crippen molar-refractivity contribution in [1.82, 2.24) is 0 Å². The van der Waals surface area contributed by atoms with Crippen LogP contribution in [0.2, 0.25) is 5.02 Å². The molecular weight excluding hydrogens is 522 g/mol. The van der Waals surface area contributed by atoms with E-state index in [-0.39, 0.29) is 50.6 Å². The highest BCUT2D eigenvalue weighted by Gasteiger charge is 2.31. The van der Waals surface area contributed by atoms with Crippen LogP contribution in [0.3, 0.4) is 0 Å². The first-order valence-electron chi connectivity index (χ1n) is 10.8. The van der Waals surface area contributed by atoms with Crippen LogP contribution in [-0.4, -0.2) is 53.7 Å². The number of hydrogen-bond donors (Lipinski definition) is 1. The fourth-order valence-corrected chi connectivity index (χ4v) is 7.10. The molecule has 0 spiro atoms. The number of halogens is 1. The van der Waals surface area contributed by atoms with Gasteiger partial charge in [0.05, 0.1) is 33.6 Å². The molecule has 0 amide bonds. The topological polar surface area (TPSA) is 126 Å². The summed E-state index contributed by atoms with van der Waals surface area (Å²) in [6.45, 7) is 4.26. The molecule has 1 unspecified atom stereocenters. The zero-order valence-corrected chi connectivity index (χ0v) is 22.5. The first-order valence-corrected chi connectivity index (χ1v) is 16.0. The number of aliphatic hydroxyl groups is 1. The SMILES string of the molecule is CCS(=O)(=O)CCCC(C)N(c1cc(Cl)ccc1CO)S(=O)(=O)c1ccc(S(=O)(=O)CC)cc1. The second-order valence-corrected chi connectivity index (χ2v) is 14.8. The Hall–Kier alpha value is -1.66. The summed E-state index contributed by atoms with van der Waals surface area (Å²) in [6.07, 6.45) is 0.476. The summed E-state index contributed by atoms with van der Waals surface area (Å²) in [5.74, 6) is -0.196. The maximum atomic E-state index is 13.7. The Morgan fingerprint density at radius 1 is 0.912 bits per heavy atom. The van der Waals surface area contributed by atoms with Crippen LogP contribution in [-0.2, 0) is 36.3 Å². The van der Waals surface area contributed by atoms with E-state index in [1.165, 1.54) is 49.4 Å². The van der Waals surface area contributed by atoms with E-state index in [1.807, 2.05) is 0 Å². The molecule has 0 aliphatic carbocycles. The molecule has 0 aliphatic heterocycles. The minimum absolute atomic E-state index is 0.000631. The lowest BCUT2D eigenvalue weighted by atomic mass is 10.1. The average Bonchev–Trinajstić information content (AvgIpc) is 2.79. The monoisotopic (exact) mass is 551 g/mol. The Bertz CT molecular complexity index is 1310. The highest BCUT2D eigenvalue weighted by atomic mass is 35.5. The molecule has 0 saturated carbocycles. The van der Waals surface area contributed by atoms with E-state index in [4.69, 9.17) is 11.6 Å². The summed E-state index contributed by atoms with van der Waals surface area (Å²) in [5.41, 5.74) is 0.497. The highest BCUT2D eigenvalue weighted by Crippen LogP contribution is 2.33. The van der Waals surface area contributed by atoms with E-state index in [2.05, 4.69) is 0 Å². The molecule has 0 aromatic heterocycles. The van der Waals surface area contributed by atoms with Crippen LogP contribution in [0, 0.1) is 0 Å². The molecule has 0 bridgehead atoms. The highest BCUT2D eigenvalue weighted by molar-refractivity contribution is 7.93. The number of rotatable bonds is 12. The van der Waals surface area contributed by atoms with Gasteiger partial charge in [0.15, 0.2) is 9.84 Å². The standard InChI is InChI=1S/C22H30ClNO7S3/c1-4-32(26,27)14-6-7-17(3)24(22-15-19(23)9-8-18(22)16-25)34(30,31)21-12-10-20(11-13-21)33(28,29)5-2/h8-13,15,17,25H,4-7,14,16H2,1-3H3. The van der Waals surface area contributed by atoms with Crippen molar-refractivity contribution >= 4 is 47.0 Å². The summed E-state index contributed by atoms with van der Waals surface area (Å²) in [7, 11) is -11.0. The van der Waals surface area contributed by atoms with Crippen molar-refractivity contribution in [3.63, 3.8) is 0 Å². The van der Waals surface area contributed by atoms with E-state index in [0.29, 0.717) is 5.56 Å². The van der Waals surface area contributed by atoms with E-state index in [9.17, 15) is 30.4 Å². The molecule has 0 saturated heterocycles. The molecule has 2 aromatic carbocycles. The number of anilines is 1. The first-order chi connectivity index (χ1) is 15.8. The van der Waals surface area contributed by atoms with Gasteiger partial charge < -0.3 is 5.11 Å². The Morgan fingerprint density at radius 2 is 1.50 bits per heavy atom. The minimum Gasteiger partial charge on any atom is -0.392 e. The van der Waals surface area contributed by atoms with Crippen LogP contribution in [0.4, 0.5) is 5.69 Å².